The molecule has 0 heterocycles. The Morgan fingerprint density at radius 2 is 1.94 bits per heavy atom. The highest BCUT2D eigenvalue weighted by atomic mass is 32.2. The Morgan fingerprint density at radius 1 is 1.28 bits per heavy atom. The number of sulfone groups is 1. The van der Waals surface area contributed by atoms with Gasteiger partial charge in [-0.2, -0.15) is 11.8 Å². The molecule has 0 saturated heterocycles. The molecule has 0 spiro atoms. The van der Waals surface area contributed by atoms with E-state index in [1.807, 2.05) is 11.8 Å². The lowest BCUT2D eigenvalue weighted by atomic mass is 9.94. The molecule has 1 fully saturated rings. The topological polar surface area (TPSA) is 37.4 Å². The predicted molar refractivity (Wildman–Crippen MR) is 81.1 cm³/mol. The minimum atomic E-state index is -2.90. The highest BCUT2D eigenvalue weighted by Gasteiger charge is 2.34. The Morgan fingerprint density at radius 3 is 2.56 bits per heavy atom. The molecule has 0 aromatic rings. The molecular weight excluding hydrogens is 266 g/mol. The highest BCUT2D eigenvalue weighted by Crippen LogP contribution is 2.27. The van der Waals surface area contributed by atoms with E-state index < -0.39 is 9.84 Å². The van der Waals surface area contributed by atoms with E-state index in [1.165, 1.54) is 24.2 Å². The van der Waals surface area contributed by atoms with Crippen LogP contribution in [0.1, 0.15) is 39.0 Å². The van der Waals surface area contributed by atoms with Gasteiger partial charge in [0, 0.05) is 12.3 Å². The van der Waals surface area contributed by atoms with E-state index in [9.17, 15) is 8.42 Å². The van der Waals surface area contributed by atoms with E-state index in [-0.39, 0.29) is 11.3 Å². The summed E-state index contributed by atoms with van der Waals surface area (Å²) >= 11 is 1.96. The van der Waals surface area contributed by atoms with Crippen LogP contribution in [0.15, 0.2) is 0 Å². The van der Waals surface area contributed by atoms with Crippen molar-refractivity contribution in [3.63, 3.8) is 0 Å². The molecular formula is C13H27NO2S2. The Labute approximate surface area is 117 Å². The molecule has 18 heavy (non-hydrogen) atoms. The Balaban J connectivity index is 2.50. The average molecular weight is 293 g/mol. The Hall–Kier alpha value is 0.260. The second-order valence-corrected chi connectivity index (χ2v) is 8.91. The first-order valence-corrected chi connectivity index (χ1v) is 10.0. The van der Waals surface area contributed by atoms with Crippen LogP contribution in [0.2, 0.25) is 0 Å². The van der Waals surface area contributed by atoms with Gasteiger partial charge >= 0.3 is 0 Å². The maximum Gasteiger partial charge on any atom is 0.151 e. The van der Waals surface area contributed by atoms with Gasteiger partial charge < -0.3 is 4.90 Å². The summed E-state index contributed by atoms with van der Waals surface area (Å²) in [5.74, 6) is 2.34. The van der Waals surface area contributed by atoms with Crippen LogP contribution < -0.4 is 0 Å². The van der Waals surface area contributed by atoms with Crippen molar-refractivity contribution in [2.45, 2.75) is 50.3 Å². The molecule has 0 aliphatic heterocycles. The molecule has 5 heteroatoms. The largest absolute Gasteiger partial charge is 0.302 e. The third-order valence-corrected chi connectivity index (χ3v) is 6.42. The minimum absolute atomic E-state index is 0.143. The quantitative estimate of drug-likeness (QED) is 0.676. The van der Waals surface area contributed by atoms with Gasteiger partial charge in [0.05, 0.1) is 5.25 Å². The van der Waals surface area contributed by atoms with Crippen molar-refractivity contribution in [1.82, 2.24) is 4.90 Å². The molecule has 0 radical (unpaired) electrons. The fourth-order valence-electron chi connectivity index (χ4n) is 2.81. The van der Waals surface area contributed by atoms with Crippen LogP contribution in [0.4, 0.5) is 0 Å². The first kappa shape index (κ1) is 16.3. The van der Waals surface area contributed by atoms with Crippen LogP contribution in [-0.2, 0) is 9.84 Å². The van der Waals surface area contributed by atoms with Crippen molar-refractivity contribution in [3.8, 4) is 0 Å². The summed E-state index contributed by atoms with van der Waals surface area (Å²) in [6.07, 6.45) is 6.67. The number of hydrogen-bond acceptors (Lipinski definition) is 4. The van der Waals surface area contributed by atoms with Gasteiger partial charge in [-0.05, 0) is 44.4 Å². The third-order valence-electron chi connectivity index (χ3n) is 3.79. The lowest BCUT2D eigenvalue weighted by Gasteiger charge is -2.37. The van der Waals surface area contributed by atoms with E-state index >= 15 is 0 Å². The zero-order valence-electron chi connectivity index (χ0n) is 11.9. The van der Waals surface area contributed by atoms with Crippen molar-refractivity contribution in [2.24, 2.45) is 0 Å². The van der Waals surface area contributed by atoms with Gasteiger partial charge in [-0.1, -0.05) is 19.8 Å². The molecule has 3 nitrogen and oxygen atoms in total. The molecule has 2 atom stereocenters. The fourth-order valence-corrected chi connectivity index (χ4v) is 4.94. The summed E-state index contributed by atoms with van der Waals surface area (Å²) in [6, 6.07) is 0.236. The fraction of sp³-hybridized carbons (Fsp3) is 1.00. The van der Waals surface area contributed by atoms with E-state index in [0.29, 0.717) is 0 Å². The molecule has 1 rings (SSSR count). The normalized spacial score (nSPS) is 25.6. The standard InChI is InChI=1S/C13H27NO2S2/c1-4-17-11-7-10-14(2)12-8-5-6-9-13(12)18(3,15)16/h12-13H,4-11H2,1-3H3/t12-,13+/m1/s1. The third kappa shape index (κ3) is 5.10. The van der Waals surface area contributed by atoms with Crippen molar-refractivity contribution in [1.29, 1.82) is 0 Å². The predicted octanol–water partition coefficient (Wildman–Crippen LogP) is 2.42. The van der Waals surface area contributed by atoms with Crippen molar-refractivity contribution in [3.05, 3.63) is 0 Å². The second-order valence-electron chi connectivity index (χ2n) is 5.25. The molecule has 1 aliphatic carbocycles. The lowest BCUT2D eigenvalue weighted by Crippen LogP contribution is -2.47. The first-order chi connectivity index (χ1) is 8.46. The molecule has 0 aromatic heterocycles. The molecule has 108 valence electrons. The van der Waals surface area contributed by atoms with E-state index in [2.05, 4.69) is 18.9 Å². The summed E-state index contributed by atoms with van der Waals surface area (Å²) in [5, 5.41) is -0.143. The Kier molecular flexibility index (Phi) is 7.03. The summed E-state index contributed by atoms with van der Waals surface area (Å²) in [6.45, 7) is 3.19. The number of thioether (sulfide) groups is 1. The van der Waals surface area contributed by atoms with Gasteiger partial charge in [-0.3, -0.25) is 0 Å². The van der Waals surface area contributed by atoms with Crippen LogP contribution in [0, 0.1) is 0 Å². The van der Waals surface area contributed by atoms with E-state index in [4.69, 9.17) is 0 Å². The molecule has 0 unspecified atom stereocenters. The van der Waals surface area contributed by atoms with Crippen molar-refractivity contribution in [2.75, 3.05) is 31.4 Å². The van der Waals surface area contributed by atoms with E-state index in [0.717, 1.165) is 32.2 Å². The van der Waals surface area contributed by atoms with Gasteiger partial charge in [0.15, 0.2) is 9.84 Å². The smallest absolute Gasteiger partial charge is 0.151 e. The molecule has 0 amide bonds. The van der Waals surface area contributed by atoms with Gasteiger partial charge in [0.25, 0.3) is 0 Å². The van der Waals surface area contributed by atoms with Gasteiger partial charge in [-0.15, -0.1) is 0 Å². The number of nitrogens with zero attached hydrogens (tertiary/aromatic N) is 1. The van der Waals surface area contributed by atoms with Crippen LogP contribution in [0.25, 0.3) is 0 Å². The maximum absolute atomic E-state index is 11.8. The van der Waals surface area contributed by atoms with Crippen molar-refractivity contribution < 1.29 is 8.42 Å². The lowest BCUT2D eigenvalue weighted by molar-refractivity contribution is 0.195. The number of rotatable bonds is 7. The monoisotopic (exact) mass is 293 g/mol. The van der Waals surface area contributed by atoms with Gasteiger partial charge in [-0.25, -0.2) is 8.42 Å². The average Bonchev–Trinajstić information content (AvgIpc) is 2.33. The molecule has 1 saturated carbocycles. The maximum atomic E-state index is 11.8. The second kappa shape index (κ2) is 7.75. The molecule has 0 bridgehead atoms. The summed E-state index contributed by atoms with van der Waals surface area (Å²) < 4.78 is 23.7. The van der Waals surface area contributed by atoms with Gasteiger partial charge in [0.2, 0.25) is 0 Å². The van der Waals surface area contributed by atoms with E-state index in [1.54, 1.807) is 0 Å². The summed E-state index contributed by atoms with van der Waals surface area (Å²) in [4.78, 5) is 2.28. The minimum Gasteiger partial charge on any atom is -0.302 e. The van der Waals surface area contributed by atoms with Gasteiger partial charge in [0.1, 0.15) is 0 Å². The highest BCUT2D eigenvalue weighted by molar-refractivity contribution is 7.99. The first-order valence-electron chi connectivity index (χ1n) is 6.93. The molecule has 1 aliphatic rings. The SMILES string of the molecule is CCSCCCN(C)[C@@H]1CCCC[C@@H]1S(C)(=O)=O. The van der Waals surface area contributed by atoms with Crippen LogP contribution in [0.5, 0.6) is 0 Å². The van der Waals surface area contributed by atoms with Crippen molar-refractivity contribution >= 4 is 21.6 Å². The summed E-state index contributed by atoms with van der Waals surface area (Å²) in [5.41, 5.74) is 0. The van der Waals surface area contributed by atoms with Crippen LogP contribution in [-0.4, -0.2) is 56.0 Å². The summed E-state index contributed by atoms with van der Waals surface area (Å²) in [7, 11) is -0.814. The van der Waals surface area contributed by atoms with Crippen LogP contribution in [0.3, 0.4) is 0 Å². The Bertz CT molecular complexity index is 330. The van der Waals surface area contributed by atoms with Crippen LogP contribution >= 0.6 is 11.8 Å². The molecule has 0 N–H and O–H groups in total. The zero-order chi connectivity index (χ0) is 13.6. The molecule has 0 aromatic carbocycles. The number of hydrogen-bond donors (Lipinski definition) is 0. The zero-order valence-corrected chi connectivity index (χ0v) is 13.5.